The Balaban J connectivity index is 1.90. The van der Waals surface area contributed by atoms with Gasteiger partial charge in [-0.2, -0.15) is 0 Å². The van der Waals surface area contributed by atoms with Gasteiger partial charge in [0, 0.05) is 0 Å². The molecule has 0 spiro atoms. The van der Waals surface area contributed by atoms with Crippen LogP contribution in [0.5, 0.6) is 0 Å². The highest BCUT2D eigenvalue weighted by molar-refractivity contribution is 5.75. The molecule has 0 heterocycles. The second-order valence-electron chi connectivity index (χ2n) is 6.99. The van der Waals surface area contributed by atoms with Gasteiger partial charge >= 0.3 is 5.97 Å². The molecule has 0 aliphatic heterocycles. The number of hydrogen-bond acceptors (Lipinski definition) is 2. The van der Waals surface area contributed by atoms with E-state index in [1.165, 1.54) is 11.1 Å². The van der Waals surface area contributed by atoms with Crippen LogP contribution in [-0.2, 0) is 9.53 Å². The van der Waals surface area contributed by atoms with E-state index in [9.17, 15) is 4.79 Å². The summed E-state index contributed by atoms with van der Waals surface area (Å²) in [4.78, 5) is 11.9. The zero-order valence-electron chi connectivity index (χ0n) is 13.1. The molecule has 1 aliphatic rings. The second kappa shape index (κ2) is 5.99. The van der Waals surface area contributed by atoms with Gasteiger partial charge in [-0.15, -0.1) is 0 Å². The summed E-state index contributed by atoms with van der Waals surface area (Å²) < 4.78 is 5.63. The number of carbonyl (C=O) groups is 1. The minimum Gasteiger partial charge on any atom is -0.462 e. The van der Waals surface area contributed by atoms with E-state index < -0.39 is 5.41 Å². The van der Waals surface area contributed by atoms with Crippen LogP contribution in [0.2, 0.25) is 0 Å². The first-order valence-corrected chi connectivity index (χ1v) is 7.64. The summed E-state index contributed by atoms with van der Waals surface area (Å²) in [5, 5.41) is 0. The summed E-state index contributed by atoms with van der Waals surface area (Å²) in [6.45, 7) is 7.91. The monoisotopic (exact) mass is 274 g/mol. The zero-order valence-corrected chi connectivity index (χ0v) is 13.1. The second-order valence-corrected chi connectivity index (χ2v) is 6.99. The molecule has 2 heteroatoms. The number of ether oxygens (including phenoxy) is 1. The molecule has 0 aromatic heterocycles. The first-order chi connectivity index (χ1) is 9.38. The zero-order chi connectivity index (χ0) is 14.8. The maximum atomic E-state index is 11.9. The van der Waals surface area contributed by atoms with E-state index >= 15 is 0 Å². The SMILES string of the molecule is Cc1ccccc1C1CCC(OC(=O)C(C)(C)C)CC1. The largest absolute Gasteiger partial charge is 0.462 e. The predicted octanol–water partition coefficient (Wildman–Crippen LogP) is 4.61. The van der Waals surface area contributed by atoms with Gasteiger partial charge in [0.05, 0.1) is 5.41 Å². The van der Waals surface area contributed by atoms with Crippen molar-refractivity contribution in [2.24, 2.45) is 5.41 Å². The van der Waals surface area contributed by atoms with E-state index in [2.05, 4.69) is 31.2 Å². The topological polar surface area (TPSA) is 26.3 Å². The first-order valence-electron chi connectivity index (χ1n) is 7.64. The van der Waals surface area contributed by atoms with Crippen LogP contribution in [0, 0.1) is 12.3 Å². The molecule has 1 saturated carbocycles. The van der Waals surface area contributed by atoms with Gasteiger partial charge in [-0.3, -0.25) is 4.79 Å². The van der Waals surface area contributed by atoms with Gasteiger partial charge < -0.3 is 4.74 Å². The first kappa shape index (κ1) is 15.1. The van der Waals surface area contributed by atoms with Gasteiger partial charge in [-0.05, 0) is 70.4 Å². The molecule has 110 valence electrons. The third kappa shape index (κ3) is 3.62. The third-order valence-corrected chi connectivity index (χ3v) is 4.19. The van der Waals surface area contributed by atoms with Crippen LogP contribution in [0.25, 0.3) is 0 Å². The summed E-state index contributed by atoms with van der Waals surface area (Å²) in [6.07, 6.45) is 4.32. The smallest absolute Gasteiger partial charge is 0.311 e. The van der Waals surface area contributed by atoms with Crippen molar-refractivity contribution in [2.45, 2.75) is 65.4 Å². The van der Waals surface area contributed by atoms with Crippen molar-refractivity contribution in [1.29, 1.82) is 0 Å². The molecule has 0 unspecified atom stereocenters. The number of aryl methyl sites for hydroxylation is 1. The lowest BCUT2D eigenvalue weighted by molar-refractivity contribution is -0.160. The van der Waals surface area contributed by atoms with Gasteiger partial charge in [-0.25, -0.2) is 0 Å². The molecule has 1 fully saturated rings. The maximum absolute atomic E-state index is 11.9. The minimum absolute atomic E-state index is 0.0724. The molecule has 1 aliphatic carbocycles. The van der Waals surface area contributed by atoms with Crippen LogP contribution in [0.3, 0.4) is 0 Å². The Bertz CT molecular complexity index is 463. The molecule has 1 aromatic carbocycles. The summed E-state index contributed by atoms with van der Waals surface area (Å²) in [7, 11) is 0. The van der Waals surface area contributed by atoms with Crippen LogP contribution in [0.15, 0.2) is 24.3 Å². The Hall–Kier alpha value is -1.31. The molecule has 0 radical (unpaired) electrons. The Morgan fingerprint density at radius 1 is 1.10 bits per heavy atom. The van der Waals surface area contributed by atoms with Gasteiger partial charge in [0.1, 0.15) is 6.10 Å². The predicted molar refractivity (Wildman–Crippen MR) is 81.7 cm³/mol. The number of hydrogen-bond donors (Lipinski definition) is 0. The number of rotatable bonds is 2. The quantitative estimate of drug-likeness (QED) is 0.736. The lowest BCUT2D eigenvalue weighted by Crippen LogP contribution is -2.30. The highest BCUT2D eigenvalue weighted by Gasteiger charge is 2.29. The molecule has 1 aromatic rings. The van der Waals surface area contributed by atoms with Crippen LogP contribution in [-0.4, -0.2) is 12.1 Å². The number of esters is 1. The third-order valence-electron chi connectivity index (χ3n) is 4.19. The summed E-state index contributed by atoms with van der Waals surface area (Å²) in [5.74, 6) is 0.553. The number of benzene rings is 1. The Labute approximate surface area is 122 Å². The van der Waals surface area contributed by atoms with Crippen LogP contribution in [0.1, 0.15) is 63.5 Å². The molecule has 2 nitrogen and oxygen atoms in total. The summed E-state index contributed by atoms with van der Waals surface area (Å²) in [6, 6.07) is 8.63. The van der Waals surface area contributed by atoms with Crippen molar-refractivity contribution in [3.05, 3.63) is 35.4 Å². The van der Waals surface area contributed by atoms with Crippen LogP contribution >= 0.6 is 0 Å². The van der Waals surface area contributed by atoms with Crippen molar-refractivity contribution in [1.82, 2.24) is 0 Å². The van der Waals surface area contributed by atoms with Gasteiger partial charge in [0.15, 0.2) is 0 Å². The molecule has 0 atom stereocenters. The van der Waals surface area contributed by atoms with E-state index in [0.29, 0.717) is 5.92 Å². The van der Waals surface area contributed by atoms with Crippen LogP contribution in [0.4, 0.5) is 0 Å². The highest BCUT2D eigenvalue weighted by Crippen LogP contribution is 2.36. The van der Waals surface area contributed by atoms with Gasteiger partial charge in [0.25, 0.3) is 0 Å². The normalized spacial score (nSPS) is 23.4. The van der Waals surface area contributed by atoms with E-state index in [0.717, 1.165) is 25.7 Å². The minimum atomic E-state index is -0.396. The lowest BCUT2D eigenvalue weighted by atomic mass is 9.81. The Kier molecular flexibility index (Phi) is 4.52. The molecular weight excluding hydrogens is 248 g/mol. The van der Waals surface area contributed by atoms with Crippen molar-refractivity contribution in [2.75, 3.05) is 0 Å². The lowest BCUT2D eigenvalue weighted by Gasteiger charge is -2.31. The fourth-order valence-electron chi connectivity index (χ4n) is 2.86. The fraction of sp³-hybridized carbons (Fsp3) is 0.611. The molecule has 0 amide bonds. The number of carbonyl (C=O) groups excluding carboxylic acids is 1. The van der Waals surface area contributed by atoms with E-state index in [1.54, 1.807) is 0 Å². The molecule has 0 N–H and O–H groups in total. The molecular formula is C18H26O2. The standard InChI is InChI=1S/C18H26O2/c1-13-7-5-6-8-16(13)14-9-11-15(12-10-14)20-17(19)18(2,3)4/h5-8,14-15H,9-12H2,1-4H3. The van der Waals surface area contributed by atoms with Crippen LogP contribution < -0.4 is 0 Å². The average Bonchev–Trinajstić information content (AvgIpc) is 2.39. The maximum Gasteiger partial charge on any atom is 0.311 e. The van der Waals surface area contributed by atoms with E-state index in [-0.39, 0.29) is 12.1 Å². The fourth-order valence-corrected chi connectivity index (χ4v) is 2.86. The highest BCUT2D eigenvalue weighted by atomic mass is 16.5. The summed E-state index contributed by atoms with van der Waals surface area (Å²) in [5.41, 5.74) is 2.45. The van der Waals surface area contributed by atoms with E-state index in [4.69, 9.17) is 4.74 Å². The molecule has 0 bridgehead atoms. The Morgan fingerprint density at radius 3 is 2.25 bits per heavy atom. The van der Waals surface area contributed by atoms with Gasteiger partial charge in [0.2, 0.25) is 0 Å². The van der Waals surface area contributed by atoms with Crippen molar-refractivity contribution in [3.63, 3.8) is 0 Å². The molecule has 20 heavy (non-hydrogen) atoms. The average molecular weight is 274 g/mol. The van der Waals surface area contributed by atoms with Crippen molar-refractivity contribution >= 4 is 5.97 Å². The molecule has 2 rings (SSSR count). The van der Waals surface area contributed by atoms with E-state index in [1.807, 2.05) is 20.8 Å². The Morgan fingerprint density at radius 2 is 1.70 bits per heavy atom. The summed E-state index contributed by atoms with van der Waals surface area (Å²) >= 11 is 0. The molecule has 0 saturated heterocycles. The van der Waals surface area contributed by atoms with Crippen molar-refractivity contribution in [3.8, 4) is 0 Å². The van der Waals surface area contributed by atoms with Gasteiger partial charge in [-0.1, -0.05) is 24.3 Å². The van der Waals surface area contributed by atoms with Crippen molar-refractivity contribution < 1.29 is 9.53 Å².